The summed E-state index contributed by atoms with van der Waals surface area (Å²) in [5.41, 5.74) is 12.2. The Balaban J connectivity index is 0.00000196. The number of carbonyl (C=O) groups is 2. The summed E-state index contributed by atoms with van der Waals surface area (Å²) in [7, 11) is 0. The summed E-state index contributed by atoms with van der Waals surface area (Å²) >= 11 is 0. The van der Waals surface area contributed by atoms with E-state index in [-0.39, 0.29) is 42.7 Å². The lowest BCUT2D eigenvalue weighted by Gasteiger charge is -2.14. The fourth-order valence-electron chi connectivity index (χ4n) is 3.12. The molecule has 0 aliphatic heterocycles. The van der Waals surface area contributed by atoms with Gasteiger partial charge < -0.3 is 21.5 Å². The number of nitrogens with two attached hydrogens (primary N) is 2. The zero-order valence-corrected chi connectivity index (χ0v) is 16.8. The van der Waals surface area contributed by atoms with Crippen LogP contribution in [-0.2, 0) is 4.79 Å². The molecule has 0 radical (unpaired) electrons. The van der Waals surface area contributed by atoms with E-state index in [0.29, 0.717) is 29.3 Å². The molecule has 0 bridgehead atoms. The second-order valence-electron chi connectivity index (χ2n) is 6.49. The topological polar surface area (TPSA) is 120 Å². The zero-order chi connectivity index (χ0) is 18.5. The van der Waals surface area contributed by atoms with Crippen molar-refractivity contribution >= 4 is 42.3 Å². The first-order chi connectivity index (χ1) is 12.5. The van der Waals surface area contributed by atoms with Gasteiger partial charge in [0.15, 0.2) is 0 Å². The quantitative estimate of drug-likeness (QED) is 0.654. The van der Waals surface area contributed by atoms with Gasteiger partial charge in [0, 0.05) is 24.1 Å². The van der Waals surface area contributed by atoms with Crippen LogP contribution in [0.15, 0.2) is 42.6 Å². The molecule has 9 heteroatoms. The first-order valence-electron chi connectivity index (χ1n) is 8.60. The van der Waals surface area contributed by atoms with Crippen LogP contribution in [0.25, 0.3) is 0 Å². The largest absolute Gasteiger partial charge is 0.439 e. The highest BCUT2D eigenvalue weighted by Crippen LogP contribution is 2.27. The molecule has 28 heavy (non-hydrogen) atoms. The Labute approximate surface area is 176 Å². The van der Waals surface area contributed by atoms with Crippen molar-refractivity contribution in [1.29, 1.82) is 0 Å². The van der Waals surface area contributed by atoms with Gasteiger partial charge >= 0.3 is 0 Å². The number of benzene rings is 1. The summed E-state index contributed by atoms with van der Waals surface area (Å²) in [4.78, 5) is 27.5. The van der Waals surface area contributed by atoms with E-state index in [9.17, 15) is 9.59 Å². The smallest absolute Gasteiger partial charge is 0.248 e. The van der Waals surface area contributed by atoms with Crippen LogP contribution in [0.3, 0.4) is 0 Å². The van der Waals surface area contributed by atoms with Crippen LogP contribution in [-0.4, -0.2) is 22.8 Å². The molecular formula is C19H24Cl2N4O3. The van der Waals surface area contributed by atoms with E-state index in [1.165, 1.54) is 6.20 Å². The average Bonchev–Trinajstić information content (AvgIpc) is 3.01. The van der Waals surface area contributed by atoms with E-state index in [1.54, 1.807) is 36.4 Å². The molecule has 5 N–H and O–H groups in total. The van der Waals surface area contributed by atoms with Gasteiger partial charge in [-0.05, 0) is 43.0 Å². The Hall–Kier alpha value is -2.35. The Morgan fingerprint density at radius 3 is 2.57 bits per heavy atom. The maximum absolute atomic E-state index is 12.1. The third-order valence-corrected chi connectivity index (χ3v) is 4.53. The number of nitrogens with one attached hydrogen (secondary N) is 1. The van der Waals surface area contributed by atoms with Crippen molar-refractivity contribution in [3.63, 3.8) is 0 Å². The molecule has 0 unspecified atom stereocenters. The number of carbonyl (C=O) groups excluding carboxylic acids is 2. The number of hydrogen-bond acceptors (Lipinski definition) is 5. The highest BCUT2D eigenvalue weighted by atomic mass is 35.5. The predicted molar refractivity (Wildman–Crippen MR) is 112 cm³/mol. The van der Waals surface area contributed by atoms with E-state index in [2.05, 4.69) is 10.3 Å². The second kappa shape index (κ2) is 10.8. The number of amides is 2. The second-order valence-corrected chi connectivity index (χ2v) is 6.49. The van der Waals surface area contributed by atoms with Crippen molar-refractivity contribution in [2.75, 3.05) is 5.32 Å². The van der Waals surface area contributed by atoms with Gasteiger partial charge in [0.05, 0.1) is 11.9 Å². The maximum atomic E-state index is 12.1. The first kappa shape index (κ1) is 23.7. The minimum Gasteiger partial charge on any atom is -0.439 e. The molecule has 0 saturated heterocycles. The minimum atomic E-state index is -0.525. The normalized spacial score (nSPS) is 17.8. The molecular weight excluding hydrogens is 403 g/mol. The Morgan fingerprint density at radius 1 is 1.18 bits per heavy atom. The molecule has 2 atom stereocenters. The Morgan fingerprint density at radius 2 is 1.96 bits per heavy atom. The highest BCUT2D eigenvalue weighted by Gasteiger charge is 2.26. The molecule has 0 spiro atoms. The van der Waals surface area contributed by atoms with Crippen LogP contribution in [0.4, 0.5) is 5.69 Å². The van der Waals surface area contributed by atoms with E-state index in [0.717, 1.165) is 19.3 Å². The van der Waals surface area contributed by atoms with Crippen molar-refractivity contribution in [3.8, 4) is 11.6 Å². The summed E-state index contributed by atoms with van der Waals surface area (Å²) in [6, 6.07) is 10.0. The van der Waals surface area contributed by atoms with Crippen LogP contribution in [0.1, 0.15) is 36.0 Å². The van der Waals surface area contributed by atoms with E-state index >= 15 is 0 Å². The van der Waals surface area contributed by atoms with Crippen LogP contribution in [0.2, 0.25) is 0 Å². The van der Waals surface area contributed by atoms with Crippen molar-refractivity contribution < 1.29 is 14.3 Å². The molecule has 1 heterocycles. The monoisotopic (exact) mass is 426 g/mol. The first-order valence-corrected chi connectivity index (χ1v) is 8.60. The summed E-state index contributed by atoms with van der Waals surface area (Å²) in [6.45, 7) is 0. The third-order valence-electron chi connectivity index (χ3n) is 4.53. The van der Waals surface area contributed by atoms with E-state index in [4.69, 9.17) is 16.2 Å². The number of pyridine rings is 1. The van der Waals surface area contributed by atoms with Crippen molar-refractivity contribution in [2.24, 2.45) is 17.4 Å². The van der Waals surface area contributed by atoms with Gasteiger partial charge in [-0.15, -0.1) is 24.8 Å². The number of nitrogens with zero attached hydrogens (tertiary/aromatic N) is 1. The number of anilines is 1. The number of primary amides is 1. The van der Waals surface area contributed by atoms with Crippen molar-refractivity contribution in [2.45, 2.75) is 31.7 Å². The van der Waals surface area contributed by atoms with Crippen LogP contribution in [0.5, 0.6) is 11.6 Å². The molecule has 1 aliphatic carbocycles. The Kier molecular flexibility index (Phi) is 9.18. The van der Waals surface area contributed by atoms with Crippen molar-refractivity contribution in [1.82, 2.24) is 4.98 Å². The lowest BCUT2D eigenvalue weighted by molar-refractivity contribution is -0.117. The standard InChI is InChI=1S/C19H22N4O3.2ClH/c20-16-6-2-3-12(16)10-17(24)23-14-7-8-18(22-11-14)26-15-5-1-4-13(9-15)19(21)25;;/h1,4-5,7-9,11-12,16H,2-3,6,10,20H2,(H2,21,25)(H,23,24);2*1H/t12-,16+;;/m0../s1. The predicted octanol–water partition coefficient (Wildman–Crippen LogP) is 3.27. The molecule has 152 valence electrons. The summed E-state index contributed by atoms with van der Waals surface area (Å²) in [5, 5.41) is 2.83. The van der Waals surface area contributed by atoms with Gasteiger partial charge in [0.25, 0.3) is 0 Å². The lowest BCUT2D eigenvalue weighted by Crippen LogP contribution is -2.28. The lowest BCUT2D eigenvalue weighted by atomic mass is 10.00. The number of aromatic nitrogens is 1. The van der Waals surface area contributed by atoms with Gasteiger partial charge in [0.1, 0.15) is 5.75 Å². The average molecular weight is 427 g/mol. The molecule has 1 saturated carbocycles. The van der Waals surface area contributed by atoms with Gasteiger partial charge in [0.2, 0.25) is 17.7 Å². The van der Waals surface area contributed by atoms with Gasteiger partial charge in [-0.25, -0.2) is 4.98 Å². The van der Waals surface area contributed by atoms with Crippen LogP contribution < -0.4 is 21.5 Å². The molecule has 2 amide bonds. The number of hydrogen-bond donors (Lipinski definition) is 3. The molecule has 3 rings (SSSR count). The van der Waals surface area contributed by atoms with Crippen LogP contribution in [0, 0.1) is 5.92 Å². The zero-order valence-electron chi connectivity index (χ0n) is 15.2. The van der Waals surface area contributed by atoms with Crippen molar-refractivity contribution in [3.05, 3.63) is 48.2 Å². The van der Waals surface area contributed by atoms with Gasteiger partial charge in [-0.3, -0.25) is 9.59 Å². The maximum Gasteiger partial charge on any atom is 0.248 e. The Bertz CT molecular complexity index is 802. The molecule has 1 aliphatic rings. The number of ether oxygens (including phenoxy) is 1. The molecule has 1 aromatic carbocycles. The summed E-state index contributed by atoms with van der Waals surface area (Å²) < 4.78 is 5.60. The molecule has 1 aromatic heterocycles. The minimum absolute atomic E-state index is 0. The molecule has 1 fully saturated rings. The van der Waals surface area contributed by atoms with E-state index < -0.39 is 5.91 Å². The fourth-order valence-corrected chi connectivity index (χ4v) is 3.12. The summed E-state index contributed by atoms with van der Waals surface area (Å²) in [5.74, 6) is 0.478. The number of halogens is 2. The number of rotatable bonds is 6. The van der Waals surface area contributed by atoms with Gasteiger partial charge in [-0.1, -0.05) is 12.5 Å². The fraction of sp³-hybridized carbons (Fsp3) is 0.316. The van der Waals surface area contributed by atoms with Crippen LogP contribution >= 0.6 is 24.8 Å². The molecule has 7 nitrogen and oxygen atoms in total. The summed E-state index contributed by atoms with van der Waals surface area (Å²) in [6.07, 6.45) is 5.04. The SMILES string of the molecule is Cl.Cl.NC(=O)c1cccc(Oc2ccc(NC(=O)C[C@@H]3CCC[C@H]3N)cn2)c1. The van der Waals surface area contributed by atoms with E-state index in [1.807, 2.05) is 0 Å². The third kappa shape index (κ3) is 6.37. The molecule has 2 aromatic rings. The highest BCUT2D eigenvalue weighted by molar-refractivity contribution is 5.93. The van der Waals surface area contributed by atoms with Gasteiger partial charge in [-0.2, -0.15) is 0 Å².